The molecule has 0 aliphatic rings. The number of benzene rings is 1. The molecular formula is C15H16O2S. The average Bonchev–Trinajstić information content (AvgIpc) is 2.90. The predicted octanol–water partition coefficient (Wildman–Crippen LogP) is 4.01. The van der Waals surface area contributed by atoms with Gasteiger partial charge < -0.3 is 4.74 Å². The first-order valence-corrected chi connectivity index (χ1v) is 6.86. The Morgan fingerprint density at radius 2 is 1.94 bits per heavy atom. The molecule has 2 nitrogen and oxygen atoms in total. The quantitative estimate of drug-likeness (QED) is 0.759. The van der Waals surface area contributed by atoms with Crippen LogP contribution in [0.1, 0.15) is 29.1 Å². The second-order valence-electron chi connectivity index (χ2n) is 4.54. The maximum Gasteiger partial charge on any atom is 0.202 e. The Morgan fingerprint density at radius 3 is 2.50 bits per heavy atom. The van der Waals surface area contributed by atoms with Crippen molar-refractivity contribution in [3.05, 3.63) is 52.2 Å². The maximum atomic E-state index is 12.1. The van der Waals surface area contributed by atoms with Crippen LogP contribution in [0.4, 0.5) is 0 Å². The molecule has 1 aromatic heterocycles. The van der Waals surface area contributed by atoms with Crippen LogP contribution in [0.15, 0.2) is 41.8 Å². The lowest BCUT2D eigenvalue weighted by Gasteiger charge is -2.08. The Morgan fingerprint density at radius 1 is 1.22 bits per heavy atom. The van der Waals surface area contributed by atoms with E-state index in [0.29, 0.717) is 18.1 Å². The summed E-state index contributed by atoms with van der Waals surface area (Å²) in [5.74, 6) is 1.38. The first-order chi connectivity index (χ1) is 8.66. The molecule has 0 spiro atoms. The molecule has 0 amide bonds. The maximum absolute atomic E-state index is 12.1. The third-order valence-corrected chi connectivity index (χ3v) is 3.31. The van der Waals surface area contributed by atoms with Crippen molar-refractivity contribution in [1.29, 1.82) is 0 Å². The van der Waals surface area contributed by atoms with Gasteiger partial charge in [0, 0.05) is 5.56 Å². The zero-order valence-electron chi connectivity index (χ0n) is 10.6. The third-order valence-electron chi connectivity index (χ3n) is 2.44. The molecule has 3 heteroatoms. The summed E-state index contributed by atoms with van der Waals surface area (Å²) < 4.78 is 5.58. The highest BCUT2D eigenvalue weighted by Gasteiger charge is 2.09. The molecule has 0 N–H and O–H groups in total. The van der Waals surface area contributed by atoms with Crippen LogP contribution in [0.2, 0.25) is 0 Å². The molecule has 2 aromatic rings. The van der Waals surface area contributed by atoms with Crippen LogP contribution in [0.25, 0.3) is 0 Å². The number of hydrogen-bond acceptors (Lipinski definition) is 3. The summed E-state index contributed by atoms with van der Waals surface area (Å²) in [4.78, 5) is 12.8. The summed E-state index contributed by atoms with van der Waals surface area (Å²) in [6.45, 7) is 4.90. The molecule has 0 saturated carbocycles. The minimum atomic E-state index is 0.0698. The van der Waals surface area contributed by atoms with E-state index in [9.17, 15) is 4.79 Å². The highest BCUT2D eigenvalue weighted by Crippen LogP contribution is 2.18. The lowest BCUT2D eigenvalue weighted by Crippen LogP contribution is -2.05. The van der Waals surface area contributed by atoms with Crippen molar-refractivity contribution in [2.75, 3.05) is 6.61 Å². The van der Waals surface area contributed by atoms with E-state index in [0.717, 1.165) is 10.6 Å². The van der Waals surface area contributed by atoms with Crippen LogP contribution >= 0.6 is 11.3 Å². The molecule has 0 fully saturated rings. The normalized spacial score (nSPS) is 10.6. The summed E-state index contributed by atoms with van der Waals surface area (Å²) in [5.41, 5.74) is 0.703. The van der Waals surface area contributed by atoms with Crippen molar-refractivity contribution >= 4 is 17.1 Å². The molecule has 0 radical (unpaired) electrons. The Labute approximate surface area is 111 Å². The van der Waals surface area contributed by atoms with Crippen LogP contribution in [-0.4, -0.2) is 12.4 Å². The number of carbonyl (C=O) groups is 1. The van der Waals surface area contributed by atoms with Crippen molar-refractivity contribution in [2.45, 2.75) is 13.8 Å². The number of carbonyl (C=O) groups excluding carboxylic acids is 1. The van der Waals surface area contributed by atoms with E-state index in [-0.39, 0.29) is 5.78 Å². The molecule has 0 saturated heterocycles. The summed E-state index contributed by atoms with van der Waals surface area (Å²) >= 11 is 1.46. The molecule has 0 unspecified atom stereocenters. The van der Waals surface area contributed by atoms with E-state index in [1.54, 1.807) is 0 Å². The fraction of sp³-hybridized carbons (Fsp3) is 0.267. The number of thiophene rings is 1. The zero-order chi connectivity index (χ0) is 13.0. The Bertz CT molecular complexity index is 498. The molecule has 0 bridgehead atoms. The molecule has 0 aliphatic heterocycles. The molecule has 2 rings (SSSR count). The van der Waals surface area contributed by atoms with Gasteiger partial charge in [0.1, 0.15) is 5.75 Å². The first-order valence-electron chi connectivity index (χ1n) is 5.98. The highest BCUT2D eigenvalue weighted by molar-refractivity contribution is 7.12. The van der Waals surface area contributed by atoms with E-state index in [2.05, 4.69) is 13.8 Å². The number of ketones is 1. The summed E-state index contributed by atoms with van der Waals surface area (Å²) in [6, 6.07) is 11.1. The van der Waals surface area contributed by atoms with Gasteiger partial charge in [-0.15, -0.1) is 11.3 Å². The van der Waals surface area contributed by atoms with Gasteiger partial charge in [-0.05, 0) is 41.6 Å². The molecule has 18 heavy (non-hydrogen) atoms. The Kier molecular flexibility index (Phi) is 4.15. The van der Waals surface area contributed by atoms with Gasteiger partial charge in [-0.2, -0.15) is 0 Å². The van der Waals surface area contributed by atoms with Gasteiger partial charge in [0.25, 0.3) is 0 Å². The van der Waals surface area contributed by atoms with Crippen LogP contribution in [0.5, 0.6) is 5.75 Å². The van der Waals surface area contributed by atoms with Gasteiger partial charge in [-0.25, -0.2) is 0 Å². The largest absolute Gasteiger partial charge is 0.493 e. The van der Waals surface area contributed by atoms with Crippen LogP contribution in [0, 0.1) is 5.92 Å². The summed E-state index contributed by atoms with van der Waals surface area (Å²) in [5, 5.41) is 1.91. The second-order valence-corrected chi connectivity index (χ2v) is 5.48. The molecule has 0 atom stereocenters. The van der Waals surface area contributed by atoms with E-state index < -0.39 is 0 Å². The fourth-order valence-corrected chi connectivity index (χ4v) is 2.20. The lowest BCUT2D eigenvalue weighted by atomic mass is 10.1. The van der Waals surface area contributed by atoms with Crippen LogP contribution < -0.4 is 4.74 Å². The minimum absolute atomic E-state index is 0.0698. The second kappa shape index (κ2) is 5.83. The summed E-state index contributed by atoms with van der Waals surface area (Å²) in [7, 11) is 0. The predicted molar refractivity (Wildman–Crippen MR) is 74.5 cm³/mol. The van der Waals surface area contributed by atoms with Crippen molar-refractivity contribution in [2.24, 2.45) is 5.92 Å². The SMILES string of the molecule is CC(C)COc1ccc(C(=O)c2cccs2)cc1. The van der Waals surface area contributed by atoms with E-state index in [1.807, 2.05) is 41.8 Å². The van der Waals surface area contributed by atoms with Gasteiger partial charge in [-0.1, -0.05) is 19.9 Å². The Balaban J connectivity index is 2.06. The molecule has 1 aromatic carbocycles. The number of ether oxygens (including phenoxy) is 1. The third kappa shape index (κ3) is 3.20. The van der Waals surface area contributed by atoms with Gasteiger partial charge >= 0.3 is 0 Å². The van der Waals surface area contributed by atoms with Crippen molar-refractivity contribution < 1.29 is 9.53 Å². The molecular weight excluding hydrogens is 244 g/mol. The standard InChI is InChI=1S/C15H16O2S/c1-11(2)10-17-13-7-5-12(6-8-13)15(16)14-4-3-9-18-14/h3-9,11H,10H2,1-2H3. The fourth-order valence-electron chi connectivity index (χ4n) is 1.52. The lowest BCUT2D eigenvalue weighted by molar-refractivity contribution is 0.104. The smallest absolute Gasteiger partial charge is 0.202 e. The number of hydrogen-bond donors (Lipinski definition) is 0. The van der Waals surface area contributed by atoms with Crippen molar-refractivity contribution in [1.82, 2.24) is 0 Å². The van der Waals surface area contributed by atoms with Crippen LogP contribution in [0.3, 0.4) is 0 Å². The monoisotopic (exact) mass is 260 g/mol. The minimum Gasteiger partial charge on any atom is -0.493 e. The van der Waals surface area contributed by atoms with Gasteiger partial charge in [0.15, 0.2) is 0 Å². The Hall–Kier alpha value is -1.61. The molecule has 1 heterocycles. The first kappa shape index (κ1) is 12.8. The van der Waals surface area contributed by atoms with Gasteiger partial charge in [-0.3, -0.25) is 4.79 Å². The van der Waals surface area contributed by atoms with Crippen molar-refractivity contribution in [3.63, 3.8) is 0 Å². The summed E-state index contributed by atoms with van der Waals surface area (Å²) in [6.07, 6.45) is 0. The topological polar surface area (TPSA) is 26.3 Å². The van der Waals surface area contributed by atoms with E-state index in [1.165, 1.54) is 11.3 Å². The highest BCUT2D eigenvalue weighted by atomic mass is 32.1. The zero-order valence-corrected chi connectivity index (χ0v) is 11.4. The number of rotatable bonds is 5. The van der Waals surface area contributed by atoms with Gasteiger partial charge in [0.2, 0.25) is 5.78 Å². The van der Waals surface area contributed by atoms with Crippen molar-refractivity contribution in [3.8, 4) is 5.75 Å². The molecule has 94 valence electrons. The van der Waals surface area contributed by atoms with E-state index in [4.69, 9.17) is 4.74 Å². The molecule has 0 aliphatic carbocycles. The van der Waals surface area contributed by atoms with E-state index >= 15 is 0 Å². The average molecular weight is 260 g/mol. The van der Waals surface area contributed by atoms with Gasteiger partial charge in [0.05, 0.1) is 11.5 Å². The van der Waals surface area contributed by atoms with Crippen LogP contribution in [-0.2, 0) is 0 Å².